The topological polar surface area (TPSA) is 89.6 Å². The van der Waals surface area contributed by atoms with E-state index in [1.165, 1.54) is 0 Å². The molecule has 134 valence electrons. The zero-order valence-electron chi connectivity index (χ0n) is 14.6. The van der Waals surface area contributed by atoms with Crippen LogP contribution in [0, 0.1) is 5.92 Å². The Morgan fingerprint density at radius 3 is 2.62 bits per heavy atom. The molecule has 1 N–H and O–H groups in total. The van der Waals surface area contributed by atoms with Crippen molar-refractivity contribution in [1.29, 1.82) is 0 Å². The van der Waals surface area contributed by atoms with E-state index in [1.807, 2.05) is 12.1 Å². The predicted molar refractivity (Wildman–Crippen MR) is 97.7 cm³/mol. The molecule has 0 radical (unpaired) electrons. The summed E-state index contributed by atoms with van der Waals surface area (Å²) in [4.78, 5) is 17.5. The van der Waals surface area contributed by atoms with Crippen LogP contribution in [0.15, 0.2) is 35.1 Å². The van der Waals surface area contributed by atoms with Crippen molar-refractivity contribution in [2.24, 2.45) is 5.92 Å². The highest BCUT2D eigenvalue weighted by Crippen LogP contribution is 2.39. The van der Waals surface area contributed by atoms with E-state index in [1.54, 1.807) is 18.5 Å². The quantitative estimate of drug-likeness (QED) is 0.648. The summed E-state index contributed by atoms with van der Waals surface area (Å²) in [6.07, 6.45) is 5.64. The minimum atomic E-state index is -0.184. The Morgan fingerprint density at radius 2 is 1.92 bits per heavy atom. The lowest BCUT2D eigenvalue weighted by Crippen LogP contribution is -2.18. The summed E-state index contributed by atoms with van der Waals surface area (Å²) < 4.78 is 5.51. The second kappa shape index (κ2) is 6.99. The summed E-state index contributed by atoms with van der Waals surface area (Å²) in [6.45, 7) is 4.16. The van der Waals surface area contributed by atoms with Gasteiger partial charge in [0, 0.05) is 29.9 Å². The molecule has 4 rings (SSSR count). The summed E-state index contributed by atoms with van der Waals surface area (Å²) in [5.41, 5.74) is 0.860. The molecule has 0 bridgehead atoms. The fourth-order valence-corrected chi connectivity index (χ4v) is 2.88. The Morgan fingerprint density at radius 1 is 1.15 bits per heavy atom. The van der Waals surface area contributed by atoms with Gasteiger partial charge in [-0.15, -0.1) is 0 Å². The average molecular weight is 371 g/mol. The maximum Gasteiger partial charge on any atom is 0.249 e. The van der Waals surface area contributed by atoms with E-state index >= 15 is 0 Å². The molecule has 1 atom stereocenters. The van der Waals surface area contributed by atoms with Gasteiger partial charge in [-0.3, -0.25) is 4.98 Å². The van der Waals surface area contributed by atoms with Gasteiger partial charge in [-0.1, -0.05) is 30.6 Å². The van der Waals surface area contributed by atoms with Crippen LogP contribution < -0.4 is 5.32 Å². The molecule has 7 nitrogen and oxygen atoms in total. The Hall–Kier alpha value is -2.54. The number of nitrogens with zero attached hydrogens (tertiary/aromatic N) is 5. The number of halogens is 1. The number of aromatic nitrogens is 5. The molecular formula is C18H19ClN6O. The van der Waals surface area contributed by atoms with E-state index in [0.29, 0.717) is 28.6 Å². The van der Waals surface area contributed by atoms with Gasteiger partial charge in [0.05, 0.1) is 0 Å². The van der Waals surface area contributed by atoms with Gasteiger partial charge in [-0.25, -0.2) is 9.97 Å². The highest BCUT2D eigenvalue weighted by Gasteiger charge is 2.28. The highest BCUT2D eigenvalue weighted by molar-refractivity contribution is 6.29. The highest BCUT2D eigenvalue weighted by atomic mass is 35.5. The van der Waals surface area contributed by atoms with Crippen molar-refractivity contribution < 1.29 is 4.52 Å². The SMILES string of the molecule is CC(C)C(Nc1cc(Cl)nc(C2CC2)n1)c1nc(-c2ccncc2)no1. The van der Waals surface area contributed by atoms with Crippen molar-refractivity contribution in [3.8, 4) is 11.4 Å². The van der Waals surface area contributed by atoms with Gasteiger partial charge < -0.3 is 9.84 Å². The number of hydrogen-bond acceptors (Lipinski definition) is 7. The second-order valence-corrected chi connectivity index (χ2v) is 7.15. The van der Waals surface area contributed by atoms with Gasteiger partial charge >= 0.3 is 0 Å². The Labute approximate surface area is 156 Å². The molecule has 0 aliphatic heterocycles. The number of nitrogens with one attached hydrogen (secondary N) is 1. The lowest BCUT2D eigenvalue weighted by molar-refractivity contribution is 0.335. The van der Waals surface area contributed by atoms with Gasteiger partial charge in [0.15, 0.2) is 0 Å². The van der Waals surface area contributed by atoms with E-state index in [9.17, 15) is 0 Å². The molecule has 0 saturated heterocycles. The first-order chi connectivity index (χ1) is 12.6. The summed E-state index contributed by atoms with van der Waals surface area (Å²) in [7, 11) is 0. The molecule has 1 fully saturated rings. The van der Waals surface area contributed by atoms with Crippen LogP contribution >= 0.6 is 11.6 Å². The van der Waals surface area contributed by atoms with Gasteiger partial charge in [0.1, 0.15) is 22.8 Å². The number of rotatable bonds is 6. The fourth-order valence-electron chi connectivity index (χ4n) is 2.69. The first-order valence-corrected chi connectivity index (χ1v) is 9.03. The number of anilines is 1. The third-order valence-electron chi connectivity index (χ3n) is 4.27. The van der Waals surface area contributed by atoms with Gasteiger partial charge in [-0.05, 0) is 30.9 Å². The van der Waals surface area contributed by atoms with E-state index in [0.717, 1.165) is 24.2 Å². The second-order valence-electron chi connectivity index (χ2n) is 6.77. The van der Waals surface area contributed by atoms with E-state index in [2.05, 4.69) is 44.3 Å². The minimum Gasteiger partial charge on any atom is -0.358 e. The Balaban J connectivity index is 1.60. The normalized spacial score (nSPS) is 15.2. The molecule has 1 aliphatic rings. The van der Waals surface area contributed by atoms with Crippen molar-refractivity contribution in [2.75, 3.05) is 5.32 Å². The first-order valence-electron chi connectivity index (χ1n) is 8.65. The maximum absolute atomic E-state index is 6.17. The number of pyridine rings is 1. The van der Waals surface area contributed by atoms with Crippen LogP contribution in [-0.2, 0) is 0 Å². The summed E-state index contributed by atoms with van der Waals surface area (Å²) >= 11 is 6.17. The molecule has 0 aromatic carbocycles. The van der Waals surface area contributed by atoms with Crippen molar-refractivity contribution >= 4 is 17.4 Å². The molecule has 0 amide bonds. The third-order valence-corrected chi connectivity index (χ3v) is 4.46. The predicted octanol–water partition coefficient (Wildman–Crippen LogP) is 4.26. The molecule has 1 saturated carbocycles. The molecule has 3 aromatic heterocycles. The van der Waals surface area contributed by atoms with Crippen LogP contribution in [0.3, 0.4) is 0 Å². The monoisotopic (exact) mass is 370 g/mol. The third kappa shape index (κ3) is 3.67. The standard InChI is InChI=1S/C18H19ClN6O/c1-10(2)15(18-24-17(25-26-18)12-5-7-20-8-6-12)22-14-9-13(19)21-16(23-14)11-3-4-11/h5-11,15H,3-4H2,1-2H3,(H,21,22,23). The zero-order chi connectivity index (χ0) is 18.1. The smallest absolute Gasteiger partial charge is 0.249 e. The van der Waals surface area contributed by atoms with Crippen LogP contribution in [0.5, 0.6) is 0 Å². The average Bonchev–Trinajstić information content (AvgIpc) is 3.37. The Kier molecular flexibility index (Phi) is 4.55. The van der Waals surface area contributed by atoms with Crippen molar-refractivity contribution in [1.82, 2.24) is 25.1 Å². The van der Waals surface area contributed by atoms with Crippen molar-refractivity contribution in [3.63, 3.8) is 0 Å². The summed E-state index contributed by atoms with van der Waals surface area (Å²) in [5, 5.41) is 7.91. The number of hydrogen-bond donors (Lipinski definition) is 1. The van der Waals surface area contributed by atoms with Crippen LogP contribution in [0.1, 0.15) is 50.4 Å². The van der Waals surface area contributed by atoms with Crippen LogP contribution in [-0.4, -0.2) is 25.1 Å². The first kappa shape index (κ1) is 16.9. The van der Waals surface area contributed by atoms with Gasteiger partial charge in [-0.2, -0.15) is 4.98 Å². The Bertz CT molecular complexity index is 894. The van der Waals surface area contributed by atoms with Crippen LogP contribution in [0.2, 0.25) is 5.15 Å². The molecule has 1 aliphatic carbocycles. The largest absolute Gasteiger partial charge is 0.358 e. The molecule has 3 aromatic rings. The lowest BCUT2D eigenvalue weighted by Gasteiger charge is -2.19. The maximum atomic E-state index is 6.17. The molecular weight excluding hydrogens is 352 g/mol. The summed E-state index contributed by atoms with van der Waals surface area (Å²) in [6, 6.07) is 5.23. The molecule has 1 unspecified atom stereocenters. The molecule has 26 heavy (non-hydrogen) atoms. The molecule has 8 heteroatoms. The lowest BCUT2D eigenvalue weighted by atomic mass is 10.0. The zero-order valence-corrected chi connectivity index (χ0v) is 15.3. The fraction of sp³-hybridized carbons (Fsp3) is 0.389. The molecule has 3 heterocycles. The van der Waals surface area contributed by atoms with Crippen molar-refractivity contribution in [3.05, 3.63) is 47.5 Å². The summed E-state index contributed by atoms with van der Waals surface area (Å²) in [5.74, 6) is 3.15. The van der Waals surface area contributed by atoms with Gasteiger partial charge in [0.2, 0.25) is 11.7 Å². The van der Waals surface area contributed by atoms with Crippen LogP contribution in [0.4, 0.5) is 5.82 Å². The van der Waals surface area contributed by atoms with Crippen molar-refractivity contribution in [2.45, 2.75) is 38.6 Å². The van der Waals surface area contributed by atoms with E-state index in [-0.39, 0.29) is 12.0 Å². The van der Waals surface area contributed by atoms with Crippen LogP contribution in [0.25, 0.3) is 11.4 Å². The molecule has 0 spiro atoms. The van der Waals surface area contributed by atoms with E-state index < -0.39 is 0 Å². The van der Waals surface area contributed by atoms with Gasteiger partial charge in [0.25, 0.3) is 0 Å². The minimum absolute atomic E-state index is 0.184. The van der Waals surface area contributed by atoms with E-state index in [4.69, 9.17) is 16.1 Å².